The molecule has 0 saturated carbocycles. The summed E-state index contributed by atoms with van der Waals surface area (Å²) in [7, 11) is 0. The third kappa shape index (κ3) is 1.94. The van der Waals surface area contributed by atoms with Crippen molar-refractivity contribution in [2.24, 2.45) is 5.73 Å². The first-order chi connectivity index (χ1) is 6.56. The third-order valence-corrected chi connectivity index (χ3v) is 1.70. The minimum Gasteiger partial charge on any atom is -0.476 e. The highest BCUT2D eigenvalue weighted by Gasteiger charge is 2.13. The molecule has 74 valence electrons. The summed E-state index contributed by atoms with van der Waals surface area (Å²) in [4.78, 5) is 13.9. The van der Waals surface area contributed by atoms with Crippen LogP contribution in [0.2, 0.25) is 0 Å². The Balaban J connectivity index is 3.12. The van der Waals surface area contributed by atoms with Gasteiger partial charge in [0.15, 0.2) is 11.5 Å². The van der Waals surface area contributed by atoms with Gasteiger partial charge >= 0.3 is 5.97 Å². The molecule has 0 aliphatic carbocycles. The van der Waals surface area contributed by atoms with Crippen molar-refractivity contribution < 1.29 is 14.3 Å². The summed E-state index contributed by atoms with van der Waals surface area (Å²) >= 11 is 0. The van der Waals surface area contributed by atoms with E-state index < -0.39 is 23.5 Å². The molecule has 1 rings (SSSR count). The summed E-state index contributed by atoms with van der Waals surface area (Å²) in [5.74, 6) is -2.30. The smallest absolute Gasteiger partial charge is 0.357 e. The van der Waals surface area contributed by atoms with E-state index in [4.69, 9.17) is 10.8 Å². The number of aromatic nitrogens is 1. The van der Waals surface area contributed by atoms with Gasteiger partial charge in [0, 0.05) is 12.2 Å². The quantitative estimate of drug-likeness (QED) is 0.710. The van der Waals surface area contributed by atoms with Crippen LogP contribution in [0.5, 0.6) is 0 Å². The molecule has 0 unspecified atom stereocenters. The van der Waals surface area contributed by atoms with Crippen molar-refractivity contribution >= 4 is 5.97 Å². The molecule has 0 amide bonds. The molecule has 1 aromatic rings. The predicted octanol–water partition coefficient (Wildman–Crippen LogP) is 1.10. The highest BCUT2D eigenvalue weighted by atomic mass is 19.1. The van der Waals surface area contributed by atoms with Gasteiger partial charge in [0.1, 0.15) is 0 Å². The van der Waals surface area contributed by atoms with Gasteiger partial charge in [-0.2, -0.15) is 0 Å². The van der Waals surface area contributed by atoms with Crippen molar-refractivity contribution in [3.8, 4) is 0 Å². The van der Waals surface area contributed by atoms with Crippen LogP contribution in [-0.2, 0) is 0 Å². The van der Waals surface area contributed by atoms with Crippen molar-refractivity contribution in [3.63, 3.8) is 0 Å². The van der Waals surface area contributed by atoms with Gasteiger partial charge in [0.2, 0.25) is 0 Å². The lowest BCUT2D eigenvalue weighted by molar-refractivity contribution is 0.0685. The van der Waals surface area contributed by atoms with Gasteiger partial charge in [0.05, 0.1) is 0 Å². The Morgan fingerprint density at radius 3 is 2.86 bits per heavy atom. The van der Waals surface area contributed by atoms with E-state index >= 15 is 0 Å². The maximum Gasteiger partial charge on any atom is 0.357 e. The number of carboxylic acid groups (broad SMARTS) is 1. The van der Waals surface area contributed by atoms with Crippen LogP contribution >= 0.6 is 0 Å². The first kappa shape index (κ1) is 10.3. The van der Waals surface area contributed by atoms with Crippen LogP contribution in [0.25, 0.3) is 0 Å². The van der Waals surface area contributed by atoms with Crippen LogP contribution in [0.3, 0.4) is 0 Å². The average molecular weight is 196 g/mol. The summed E-state index contributed by atoms with van der Waals surface area (Å²) < 4.78 is 13.1. The van der Waals surface area contributed by atoms with Gasteiger partial charge in [-0.1, -0.05) is 6.08 Å². The highest BCUT2D eigenvalue weighted by Crippen LogP contribution is 2.13. The van der Waals surface area contributed by atoms with Gasteiger partial charge in [-0.3, -0.25) is 0 Å². The van der Waals surface area contributed by atoms with Gasteiger partial charge in [-0.05, 0) is 11.6 Å². The molecule has 0 aromatic carbocycles. The lowest BCUT2D eigenvalue weighted by atomic mass is 10.1. The summed E-state index contributed by atoms with van der Waals surface area (Å²) in [6, 6.07) is 0.503. The van der Waals surface area contributed by atoms with E-state index in [1.807, 2.05) is 0 Å². The second-order valence-corrected chi connectivity index (χ2v) is 2.67. The van der Waals surface area contributed by atoms with E-state index in [0.29, 0.717) is 5.56 Å². The zero-order valence-corrected chi connectivity index (χ0v) is 7.27. The van der Waals surface area contributed by atoms with Crippen molar-refractivity contribution in [2.45, 2.75) is 6.04 Å². The van der Waals surface area contributed by atoms with E-state index in [2.05, 4.69) is 11.6 Å². The number of nitrogens with two attached hydrogens (primary N) is 1. The van der Waals surface area contributed by atoms with Crippen molar-refractivity contribution in [3.05, 3.63) is 42.0 Å². The highest BCUT2D eigenvalue weighted by molar-refractivity contribution is 5.85. The summed E-state index contributed by atoms with van der Waals surface area (Å²) in [6.45, 7) is 3.43. The molecular weight excluding hydrogens is 187 g/mol. The lowest BCUT2D eigenvalue weighted by Gasteiger charge is -2.06. The maximum absolute atomic E-state index is 13.1. The van der Waals surface area contributed by atoms with E-state index in [-0.39, 0.29) is 0 Å². The summed E-state index contributed by atoms with van der Waals surface area (Å²) in [6.07, 6.45) is 2.63. The first-order valence-electron chi connectivity index (χ1n) is 3.83. The average Bonchev–Trinajstić information content (AvgIpc) is 2.15. The van der Waals surface area contributed by atoms with Crippen LogP contribution in [0, 0.1) is 5.82 Å². The molecule has 14 heavy (non-hydrogen) atoms. The van der Waals surface area contributed by atoms with Crippen LogP contribution in [0.1, 0.15) is 22.1 Å². The summed E-state index contributed by atoms with van der Waals surface area (Å²) in [5.41, 5.74) is 5.30. The zero-order valence-electron chi connectivity index (χ0n) is 7.27. The Morgan fingerprint density at radius 1 is 1.79 bits per heavy atom. The number of halogens is 1. The standard InChI is InChI=1S/C9H9FN2O2/c1-2-7(11)5-3-6(10)8(9(13)14)12-4-5/h2-4,7H,1,11H2,(H,13,14)/t7-/m1/s1. The largest absolute Gasteiger partial charge is 0.476 e. The van der Waals surface area contributed by atoms with Crippen molar-refractivity contribution in [1.82, 2.24) is 4.98 Å². The van der Waals surface area contributed by atoms with Crippen LogP contribution in [0.4, 0.5) is 4.39 Å². The fraction of sp³-hybridized carbons (Fsp3) is 0.111. The monoisotopic (exact) mass is 196 g/mol. The van der Waals surface area contributed by atoms with Gasteiger partial charge in [-0.15, -0.1) is 6.58 Å². The van der Waals surface area contributed by atoms with Gasteiger partial charge < -0.3 is 10.8 Å². The molecule has 0 bridgehead atoms. The Labute approximate surface area is 79.9 Å². The molecule has 1 atom stereocenters. The molecule has 1 heterocycles. The van der Waals surface area contributed by atoms with Crippen molar-refractivity contribution in [1.29, 1.82) is 0 Å². The van der Waals surface area contributed by atoms with E-state index in [1.54, 1.807) is 0 Å². The number of hydrogen-bond acceptors (Lipinski definition) is 3. The van der Waals surface area contributed by atoms with Crippen LogP contribution in [-0.4, -0.2) is 16.1 Å². The molecule has 4 nitrogen and oxygen atoms in total. The molecular formula is C9H9FN2O2. The number of pyridine rings is 1. The topological polar surface area (TPSA) is 76.2 Å². The Kier molecular flexibility index (Phi) is 2.93. The number of aromatic carboxylic acids is 1. The molecule has 1 aromatic heterocycles. The minimum atomic E-state index is -1.40. The first-order valence-corrected chi connectivity index (χ1v) is 3.83. The zero-order chi connectivity index (χ0) is 10.7. The molecule has 3 N–H and O–H groups in total. The second kappa shape index (κ2) is 3.97. The number of hydrogen-bond donors (Lipinski definition) is 2. The SMILES string of the molecule is C=C[C@@H](N)c1cnc(C(=O)O)c(F)c1. The fourth-order valence-electron chi connectivity index (χ4n) is 0.928. The van der Waals surface area contributed by atoms with Crippen LogP contribution in [0.15, 0.2) is 24.9 Å². The number of carbonyl (C=O) groups is 1. The third-order valence-electron chi connectivity index (χ3n) is 1.70. The van der Waals surface area contributed by atoms with Crippen LogP contribution < -0.4 is 5.73 Å². The Hall–Kier alpha value is -1.75. The van der Waals surface area contributed by atoms with E-state index in [9.17, 15) is 9.18 Å². The molecule has 0 radical (unpaired) electrons. The Morgan fingerprint density at radius 2 is 2.43 bits per heavy atom. The molecule has 0 fully saturated rings. The van der Waals surface area contributed by atoms with Crippen molar-refractivity contribution in [2.75, 3.05) is 0 Å². The molecule has 0 spiro atoms. The predicted molar refractivity (Wildman–Crippen MR) is 48.3 cm³/mol. The van der Waals surface area contributed by atoms with E-state index in [1.165, 1.54) is 12.3 Å². The molecule has 0 saturated heterocycles. The molecule has 5 heteroatoms. The number of carboxylic acids is 1. The Bertz CT molecular complexity index is 379. The number of nitrogens with zero attached hydrogens (tertiary/aromatic N) is 1. The second-order valence-electron chi connectivity index (χ2n) is 2.67. The van der Waals surface area contributed by atoms with Gasteiger partial charge in [-0.25, -0.2) is 14.2 Å². The molecule has 0 aliphatic rings. The normalized spacial score (nSPS) is 12.1. The summed E-state index contributed by atoms with van der Waals surface area (Å²) in [5, 5.41) is 8.50. The minimum absolute atomic E-state index is 0.391. The number of rotatable bonds is 3. The van der Waals surface area contributed by atoms with E-state index in [0.717, 1.165) is 6.07 Å². The maximum atomic E-state index is 13.1. The lowest BCUT2D eigenvalue weighted by Crippen LogP contribution is -2.10. The van der Waals surface area contributed by atoms with Gasteiger partial charge in [0.25, 0.3) is 0 Å². The molecule has 0 aliphatic heterocycles. The fourth-order valence-corrected chi connectivity index (χ4v) is 0.928.